The van der Waals surface area contributed by atoms with E-state index in [0.717, 1.165) is 24.3 Å². The lowest BCUT2D eigenvalue weighted by molar-refractivity contribution is 0.0808. The van der Waals surface area contributed by atoms with Gasteiger partial charge in [0.15, 0.2) is 0 Å². The van der Waals surface area contributed by atoms with Gasteiger partial charge in [-0.3, -0.25) is 0 Å². The molecule has 1 aromatic carbocycles. The summed E-state index contributed by atoms with van der Waals surface area (Å²) in [5.74, 6) is 0.727. The first kappa shape index (κ1) is 13.8. The number of hydrogen-bond donors (Lipinski definition) is 1. The monoisotopic (exact) mass is 239 g/mol. The highest BCUT2D eigenvalue weighted by Gasteiger charge is 2.01. The molecule has 0 unspecified atom stereocenters. The van der Waals surface area contributed by atoms with Gasteiger partial charge in [0.2, 0.25) is 0 Å². The Morgan fingerprint density at radius 3 is 2.71 bits per heavy atom. The van der Waals surface area contributed by atoms with Gasteiger partial charge in [0, 0.05) is 20.3 Å². The molecule has 96 valence electrons. The van der Waals surface area contributed by atoms with Crippen molar-refractivity contribution in [2.75, 3.05) is 39.3 Å². The molecule has 4 nitrogen and oxygen atoms in total. The van der Waals surface area contributed by atoms with Gasteiger partial charge in [-0.1, -0.05) is 12.1 Å². The van der Waals surface area contributed by atoms with Gasteiger partial charge >= 0.3 is 0 Å². The average Bonchev–Trinajstić information content (AvgIpc) is 2.33. The number of anilines is 1. The summed E-state index contributed by atoms with van der Waals surface area (Å²) >= 11 is 0. The van der Waals surface area contributed by atoms with Gasteiger partial charge in [0.05, 0.1) is 12.3 Å². The van der Waals surface area contributed by atoms with Crippen molar-refractivity contribution in [3.05, 3.63) is 23.8 Å². The van der Waals surface area contributed by atoms with E-state index in [2.05, 4.69) is 0 Å². The molecule has 0 saturated carbocycles. The highest BCUT2D eigenvalue weighted by molar-refractivity contribution is 5.57. The van der Waals surface area contributed by atoms with E-state index in [9.17, 15) is 0 Å². The van der Waals surface area contributed by atoms with Crippen LogP contribution in [0.15, 0.2) is 18.2 Å². The smallest absolute Gasteiger partial charge is 0.142 e. The van der Waals surface area contributed by atoms with Gasteiger partial charge in [-0.25, -0.2) is 0 Å². The topological polar surface area (TPSA) is 53.7 Å². The van der Waals surface area contributed by atoms with E-state index in [-0.39, 0.29) is 0 Å². The molecule has 0 aliphatic heterocycles. The second-order valence-electron chi connectivity index (χ2n) is 3.79. The van der Waals surface area contributed by atoms with E-state index >= 15 is 0 Å². The summed E-state index contributed by atoms with van der Waals surface area (Å²) in [6.45, 7) is 4.47. The minimum Gasteiger partial charge on any atom is -0.489 e. The van der Waals surface area contributed by atoms with Crippen molar-refractivity contribution in [3.63, 3.8) is 0 Å². The Morgan fingerprint density at radius 1 is 1.12 bits per heavy atom. The third-order valence-corrected chi connectivity index (χ3v) is 2.41. The first-order valence-electron chi connectivity index (χ1n) is 5.80. The van der Waals surface area contributed by atoms with E-state index < -0.39 is 0 Å². The van der Waals surface area contributed by atoms with E-state index in [0.29, 0.717) is 25.5 Å². The Balaban J connectivity index is 2.16. The third kappa shape index (κ3) is 5.06. The maximum atomic E-state index is 5.88. The van der Waals surface area contributed by atoms with Crippen molar-refractivity contribution in [1.82, 2.24) is 0 Å². The Bertz CT molecular complexity index is 328. The van der Waals surface area contributed by atoms with E-state index in [1.54, 1.807) is 7.11 Å². The highest BCUT2D eigenvalue weighted by atomic mass is 16.5. The van der Waals surface area contributed by atoms with E-state index in [1.165, 1.54) is 0 Å². The molecule has 17 heavy (non-hydrogen) atoms. The van der Waals surface area contributed by atoms with Crippen molar-refractivity contribution in [2.45, 2.75) is 13.3 Å². The summed E-state index contributed by atoms with van der Waals surface area (Å²) in [5.41, 5.74) is 7.61. The van der Waals surface area contributed by atoms with Crippen LogP contribution in [0.4, 0.5) is 5.69 Å². The molecule has 1 aromatic rings. The Morgan fingerprint density at radius 2 is 1.94 bits per heavy atom. The normalized spacial score (nSPS) is 10.5. The molecular formula is C13H21NO3. The van der Waals surface area contributed by atoms with Gasteiger partial charge in [-0.15, -0.1) is 0 Å². The molecule has 0 bridgehead atoms. The molecule has 0 spiro atoms. The maximum absolute atomic E-state index is 5.88. The first-order chi connectivity index (χ1) is 8.25. The Kier molecular flexibility index (Phi) is 6.43. The fourth-order valence-electron chi connectivity index (χ4n) is 1.40. The molecule has 4 heteroatoms. The highest BCUT2D eigenvalue weighted by Crippen LogP contribution is 2.23. The maximum Gasteiger partial charge on any atom is 0.142 e. The number of aryl methyl sites for hydroxylation is 1. The van der Waals surface area contributed by atoms with Gasteiger partial charge in [-0.2, -0.15) is 0 Å². The van der Waals surface area contributed by atoms with Gasteiger partial charge in [0.25, 0.3) is 0 Å². The summed E-state index contributed by atoms with van der Waals surface area (Å²) in [4.78, 5) is 0. The number of ether oxygens (including phenoxy) is 3. The van der Waals surface area contributed by atoms with Gasteiger partial charge < -0.3 is 19.9 Å². The zero-order valence-electron chi connectivity index (χ0n) is 10.6. The molecule has 0 aliphatic carbocycles. The molecule has 0 fully saturated rings. The molecule has 0 radical (unpaired) electrons. The quantitative estimate of drug-likeness (QED) is 0.557. The standard InChI is InChI=1S/C13H21NO3/c1-11-5-3-6-12(13(11)14)17-10-9-16-8-4-7-15-2/h3,5-6H,4,7-10,14H2,1-2H3. The molecule has 0 heterocycles. The predicted octanol–water partition coefficient (Wildman–Crippen LogP) is 2.01. The van der Waals surface area contributed by atoms with Crippen molar-refractivity contribution < 1.29 is 14.2 Å². The summed E-state index contributed by atoms with van der Waals surface area (Å²) in [7, 11) is 1.68. The fourth-order valence-corrected chi connectivity index (χ4v) is 1.40. The van der Waals surface area contributed by atoms with Gasteiger partial charge in [0.1, 0.15) is 12.4 Å². The molecule has 1 rings (SSSR count). The van der Waals surface area contributed by atoms with Gasteiger partial charge in [-0.05, 0) is 25.0 Å². The Hall–Kier alpha value is -1.26. The van der Waals surface area contributed by atoms with Crippen LogP contribution in [-0.2, 0) is 9.47 Å². The minimum atomic E-state index is 0.515. The fraction of sp³-hybridized carbons (Fsp3) is 0.538. The molecular weight excluding hydrogens is 218 g/mol. The molecule has 2 N–H and O–H groups in total. The van der Waals surface area contributed by atoms with E-state index in [4.69, 9.17) is 19.9 Å². The predicted molar refractivity (Wildman–Crippen MR) is 68.4 cm³/mol. The molecule has 0 saturated heterocycles. The van der Waals surface area contributed by atoms with Crippen LogP contribution in [0.5, 0.6) is 5.75 Å². The molecule has 0 aromatic heterocycles. The van der Waals surface area contributed by atoms with Crippen molar-refractivity contribution in [1.29, 1.82) is 0 Å². The first-order valence-corrected chi connectivity index (χ1v) is 5.80. The summed E-state index contributed by atoms with van der Waals surface area (Å²) in [6, 6.07) is 5.76. The van der Waals surface area contributed by atoms with Crippen LogP contribution in [0.3, 0.4) is 0 Å². The van der Waals surface area contributed by atoms with Crippen LogP contribution in [0, 0.1) is 6.92 Å². The number of benzene rings is 1. The number of para-hydroxylation sites is 1. The SMILES string of the molecule is COCCCOCCOc1cccc(C)c1N. The number of hydrogen-bond acceptors (Lipinski definition) is 4. The molecule has 0 amide bonds. The Labute approximate surface area is 103 Å². The van der Waals surface area contributed by atoms with Crippen LogP contribution >= 0.6 is 0 Å². The number of rotatable bonds is 8. The molecule has 0 atom stereocenters. The second kappa shape index (κ2) is 7.92. The second-order valence-corrected chi connectivity index (χ2v) is 3.79. The van der Waals surface area contributed by atoms with Crippen LogP contribution < -0.4 is 10.5 Å². The zero-order valence-corrected chi connectivity index (χ0v) is 10.6. The number of methoxy groups -OCH3 is 1. The largest absolute Gasteiger partial charge is 0.489 e. The van der Waals surface area contributed by atoms with Crippen LogP contribution in [0.1, 0.15) is 12.0 Å². The summed E-state index contributed by atoms with van der Waals surface area (Å²) in [6.07, 6.45) is 0.906. The van der Waals surface area contributed by atoms with Crippen molar-refractivity contribution >= 4 is 5.69 Å². The lowest BCUT2D eigenvalue weighted by atomic mass is 10.2. The number of nitrogen functional groups attached to an aromatic ring is 1. The lowest BCUT2D eigenvalue weighted by Gasteiger charge is -2.10. The van der Waals surface area contributed by atoms with Crippen LogP contribution in [0.25, 0.3) is 0 Å². The average molecular weight is 239 g/mol. The van der Waals surface area contributed by atoms with Crippen molar-refractivity contribution in [2.24, 2.45) is 0 Å². The number of nitrogens with two attached hydrogens (primary N) is 1. The summed E-state index contributed by atoms with van der Waals surface area (Å²) in [5, 5.41) is 0. The van der Waals surface area contributed by atoms with Crippen molar-refractivity contribution in [3.8, 4) is 5.75 Å². The third-order valence-electron chi connectivity index (χ3n) is 2.41. The van der Waals surface area contributed by atoms with Crippen LogP contribution in [0.2, 0.25) is 0 Å². The minimum absolute atomic E-state index is 0.515. The van der Waals surface area contributed by atoms with E-state index in [1.807, 2.05) is 25.1 Å². The summed E-state index contributed by atoms with van der Waals surface area (Å²) < 4.78 is 15.8. The van der Waals surface area contributed by atoms with Crippen LogP contribution in [-0.4, -0.2) is 33.5 Å². The zero-order chi connectivity index (χ0) is 12.5. The molecule has 0 aliphatic rings. The lowest BCUT2D eigenvalue weighted by Crippen LogP contribution is -2.09.